The molecule has 0 radical (unpaired) electrons. The Balaban J connectivity index is 2.48. The second-order valence-electron chi connectivity index (χ2n) is 5.52. The minimum atomic E-state index is -4.49. The van der Waals surface area contributed by atoms with Crippen LogP contribution in [0, 0.1) is 0 Å². The van der Waals surface area contributed by atoms with Crippen molar-refractivity contribution in [3.8, 4) is 5.75 Å². The van der Waals surface area contributed by atoms with Crippen LogP contribution in [-0.2, 0) is 20.7 Å². The third kappa shape index (κ3) is 7.85. The summed E-state index contributed by atoms with van der Waals surface area (Å²) in [6, 6.07) is 6.80. The first-order valence-corrected chi connectivity index (χ1v) is 7.29. The van der Waals surface area contributed by atoms with Gasteiger partial charge in [0.05, 0.1) is 12.5 Å². The van der Waals surface area contributed by atoms with Gasteiger partial charge in [-0.2, -0.15) is 13.2 Å². The van der Waals surface area contributed by atoms with Gasteiger partial charge in [-0.25, -0.2) is 0 Å². The van der Waals surface area contributed by atoms with Gasteiger partial charge in [0.1, 0.15) is 12.3 Å². The smallest absolute Gasteiger partial charge is 0.406 e. The van der Waals surface area contributed by atoms with E-state index in [4.69, 9.17) is 9.47 Å². The molecule has 0 aliphatic rings. The van der Waals surface area contributed by atoms with E-state index in [0.29, 0.717) is 16.2 Å². The van der Waals surface area contributed by atoms with Crippen molar-refractivity contribution < 1.29 is 32.2 Å². The van der Waals surface area contributed by atoms with Crippen molar-refractivity contribution >= 4 is 11.9 Å². The molecule has 134 valence electrons. The maximum Gasteiger partial charge on any atom is 0.406 e. The fourth-order valence-electron chi connectivity index (χ4n) is 1.83. The Morgan fingerprint density at radius 3 is 2.50 bits per heavy atom. The zero-order chi connectivity index (χ0) is 18.3. The van der Waals surface area contributed by atoms with E-state index in [2.05, 4.69) is 0 Å². The molecule has 0 aliphatic heterocycles. The van der Waals surface area contributed by atoms with Gasteiger partial charge in [-0.05, 0) is 31.5 Å². The number of hydrogen-bond acceptors (Lipinski definition) is 4. The molecule has 5 nitrogen and oxygen atoms in total. The van der Waals surface area contributed by atoms with E-state index < -0.39 is 31.2 Å². The summed E-state index contributed by atoms with van der Waals surface area (Å²) in [6.45, 7) is 1.61. The van der Waals surface area contributed by atoms with Crippen LogP contribution in [0.25, 0.3) is 0 Å². The average Bonchev–Trinajstić information content (AvgIpc) is 2.42. The number of benzene rings is 1. The Bertz CT molecular complexity index is 573. The van der Waals surface area contributed by atoms with Gasteiger partial charge >= 0.3 is 12.1 Å². The molecule has 0 unspecified atom stereocenters. The highest BCUT2D eigenvalue weighted by atomic mass is 19.4. The highest BCUT2D eigenvalue weighted by Gasteiger charge is 2.31. The predicted octanol–water partition coefficient (Wildman–Crippen LogP) is 2.58. The number of hydrogen-bond donors (Lipinski definition) is 0. The lowest BCUT2D eigenvalue weighted by atomic mass is 10.1. The van der Waals surface area contributed by atoms with Crippen molar-refractivity contribution in [3.63, 3.8) is 0 Å². The average molecular weight is 347 g/mol. The summed E-state index contributed by atoms with van der Waals surface area (Å²) >= 11 is 0. The molecule has 0 aromatic heterocycles. The molecule has 0 heterocycles. The summed E-state index contributed by atoms with van der Waals surface area (Å²) in [5.41, 5.74) is 0.620. The normalized spacial score (nSPS) is 11.3. The first-order chi connectivity index (χ1) is 11.1. The van der Waals surface area contributed by atoms with Gasteiger partial charge in [0, 0.05) is 7.05 Å². The third-order valence-corrected chi connectivity index (χ3v) is 2.82. The minimum Gasteiger partial charge on any atom is -0.491 e. The maximum atomic E-state index is 12.2. The Labute approximate surface area is 138 Å². The van der Waals surface area contributed by atoms with Crippen molar-refractivity contribution in [1.82, 2.24) is 4.90 Å². The largest absolute Gasteiger partial charge is 0.491 e. The number of carbonyl (C=O) groups is 2. The summed E-state index contributed by atoms with van der Waals surface area (Å²) in [7, 11) is 0.996. The standard InChI is InChI=1S/C16H20F3NO4/c1-11(2)24-13-6-4-5-12(7-13)8-15(22)23-9-14(21)20(3)10-16(17,18)19/h4-7,11H,8-10H2,1-3H3. The lowest BCUT2D eigenvalue weighted by molar-refractivity contribution is -0.164. The molecular formula is C16H20F3NO4. The highest BCUT2D eigenvalue weighted by Crippen LogP contribution is 2.16. The fraction of sp³-hybridized carbons (Fsp3) is 0.500. The molecule has 0 N–H and O–H groups in total. The third-order valence-electron chi connectivity index (χ3n) is 2.82. The number of amides is 1. The number of nitrogens with zero attached hydrogens (tertiary/aromatic N) is 1. The molecule has 24 heavy (non-hydrogen) atoms. The maximum absolute atomic E-state index is 12.2. The first kappa shape index (κ1) is 19.8. The summed E-state index contributed by atoms with van der Waals surface area (Å²) in [5, 5.41) is 0. The number of ether oxygens (including phenoxy) is 2. The van der Waals surface area contributed by atoms with E-state index in [1.54, 1.807) is 24.3 Å². The van der Waals surface area contributed by atoms with Crippen molar-refractivity contribution in [2.24, 2.45) is 0 Å². The Morgan fingerprint density at radius 2 is 1.92 bits per heavy atom. The summed E-state index contributed by atoms with van der Waals surface area (Å²) in [6.07, 6.45) is -4.62. The van der Waals surface area contributed by atoms with Crippen LogP contribution in [0.1, 0.15) is 19.4 Å². The van der Waals surface area contributed by atoms with Crippen LogP contribution in [0.4, 0.5) is 13.2 Å². The molecule has 0 saturated heterocycles. The van der Waals surface area contributed by atoms with Gasteiger partial charge in [-0.1, -0.05) is 12.1 Å². The molecule has 1 rings (SSSR count). The van der Waals surface area contributed by atoms with E-state index in [9.17, 15) is 22.8 Å². The number of halogens is 3. The van der Waals surface area contributed by atoms with Crippen LogP contribution in [0.15, 0.2) is 24.3 Å². The zero-order valence-corrected chi connectivity index (χ0v) is 13.7. The quantitative estimate of drug-likeness (QED) is 0.712. The monoisotopic (exact) mass is 347 g/mol. The molecule has 8 heteroatoms. The highest BCUT2D eigenvalue weighted by molar-refractivity contribution is 5.81. The topological polar surface area (TPSA) is 55.8 Å². The molecule has 0 bridgehead atoms. The molecule has 1 aromatic rings. The van der Waals surface area contributed by atoms with E-state index in [0.717, 1.165) is 7.05 Å². The Hall–Kier alpha value is -2.25. The van der Waals surface area contributed by atoms with Gasteiger partial charge in [0.25, 0.3) is 5.91 Å². The van der Waals surface area contributed by atoms with Crippen molar-refractivity contribution in [3.05, 3.63) is 29.8 Å². The summed E-state index contributed by atoms with van der Waals surface area (Å²) < 4.78 is 46.7. The number of rotatable bonds is 7. The van der Waals surface area contributed by atoms with Gasteiger partial charge in [-0.15, -0.1) is 0 Å². The van der Waals surface area contributed by atoms with Crippen LogP contribution in [0.5, 0.6) is 5.75 Å². The van der Waals surface area contributed by atoms with Crippen LogP contribution >= 0.6 is 0 Å². The summed E-state index contributed by atoms with van der Waals surface area (Å²) in [5.74, 6) is -1.03. The van der Waals surface area contributed by atoms with Crippen molar-refractivity contribution in [1.29, 1.82) is 0 Å². The molecule has 0 fully saturated rings. The van der Waals surface area contributed by atoms with Crippen LogP contribution in [-0.4, -0.2) is 49.3 Å². The molecule has 0 spiro atoms. The Morgan fingerprint density at radius 1 is 1.25 bits per heavy atom. The second kappa shape index (κ2) is 8.56. The lowest BCUT2D eigenvalue weighted by Gasteiger charge is -2.18. The number of alkyl halides is 3. The van der Waals surface area contributed by atoms with Crippen LogP contribution in [0.2, 0.25) is 0 Å². The number of likely N-dealkylation sites (N-methyl/N-ethyl adjacent to an activating group) is 1. The molecule has 0 atom stereocenters. The van der Waals surface area contributed by atoms with E-state index in [-0.39, 0.29) is 12.5 Å². The van der Waals surface area contributed by atoms with Gasteiger partial charge in [-0.3, -0.25) is 9.59 Å². The number of carbonyl (C=O) groups excluding carboxylic acids is 2. The molecule has 1 amide bonds. The van der Waals surface area contributed by atoms with Crippen LogP contribution < -0.4 is 4.74 Å². The van der Waals surface area contributed by atoms with Gasteiger partial charge in [0.2, 0.25) is 0 Å². The van der Waals surface area contributed by atoms with Crippen molar-refractivity contribution in [2.75, 3.05) is 20.2 Å². The molecule has 0 aliphatic carbocycles. The van der Waals surface area contributed by atoms with E-state index in [1.807, 2.05) is 13.8 Å². The predicted molar refractivity (Wildman–Crippen MR) is 80.6 cm³/mol. The van der Waals surface area contributed by atoms with Gasteiger partial charge < -0.3 is 14.4 Å². The first-order valence-electron chi connectivity index (χ1n) is 7.29. The van der Waals surface area contributed by atoms with E-state index >= 15 is 0 Å². The van der Waals surface area contributed by atoms with E-state index in [1.165, 1.54) is 0 Å². The SMILES string of the molecule is CC(C)Oc1cccc(CC(=O)OCC(=O)N(C)CC(F)(F)F)c1. The van der Waals surface area contributed by atoms with Crippen molar-refractivity contribution in [2.45, 2.75) is 32.5 Å². The second-order valence-corrected chi connectivity index (χ2v) is 5.52. The lowest BCUT2D eigenvalue weighted by Crippen LogP contribution is -2.38. The summed E-state index contributed by atoms with van der Waals surface area (Å²) in [4.78, 5) is 23.6. The van der Waals surface area contributed by atoms with Gasteiger partial charge in [0.15, 0.2) is 6.61 Å². The molecule has 0 saturated carbocycles. The molecule has 1 aromatic carbocycles. The minimum absolute atomic E-state index is 0.0195. The van der Waals surface area contributed by atoms with Crippen LogP contribution in [0.3, 0.4) is 0 Å². The zero-order valence-electron chi connectivity index (χ0n) is 13.7. The number of esters is 1. The fourth-order valence-corrected chi connectivity index (χ4v) is 1.83. The Kier molecular flexibility index (Phi) is 7.06. The molecular weight excluding hydrogens is 327 g/mol.